The van der Waals surface area contributed by atoms with Gasteiger partial charge in [0, 0.05) is 23.9 Å². The Balaban J connectivity index is 1.77. The van der Waals surface area contributed by atoms with Crippen LogP contribution in [-0.2, 0) is 4.79 Å². The first kappa shape index (κ1) is 18.3. The summed E-state index contributed by atoms with van der Waals surface area (Å²) < 4.78 is 1.68. The van der Waals surface area contributed by atoms with Gasteiger partial charge >= 0.3 is 0 Å². The summed E-state index contributed by atoms with van der Waals surface area (Å²) in [7, 11) is 0. The summed E-state index contributed by atoms with van der Waals surface area (Å²) in [6.45, 7) is 1.92. The van der Waals surface area contributed by atoms with E-state index in [4.69, 9.17) is 17.3 Å². The lowest BCUT2D eigenvalue weighted by molar-refractivity contribution is -0.117. The molecule has 1 aliphatic carbocycles. The van der Waals surface area contributed by atoms with E-state index in [9.17, 15) is 9.59 Å². The van der Waals surface area contributed by atoms with Gasteiger partial charge in [-0.2, -0.15) is 0 Å². The molecule has 0 unspecified atom stereocenters. The molecule has 2 amide bonds. The van der Waals surface area contributed by atoms with Crippen molar-refractivity contribution < 1.29 is 9.59 Å². The highest BCUT2D eigenvalue weighted by molar-refractivity contribution is 6.32. The summed E-state index contributed by atoms with van der Waals surface area (Å²) >= 11 is 6.31. The van der Waals surface area contributed by atoms with Crippen molar-refractivity contribution in [1.29, 1.82) is 0 Å². The number of amides is 2. The van der Waals surface area contributed by atoms with Crippen molar-refractivity contribution >= 4 is 29.2 Å². The Bertz CT molecular complexity index is 1090. The van der Waals surface area contributed by atoms with E-state index in [0.29, 0.717) is 22.2 Å². The number of rotatable bonds is 5. The molecule has 28 heavy (non-hydrogen) atoms. The second-order valence-corrected chi connectivity index (χ2v) is 7.35. The van der Waals surface area contributed by atoms with E-state index in [2.05, 4.69) is 10.3 Å². The summed E-state index contributed by atoms with van der Waals surface area (Å²) in [4.78, 5) is 28.4. The molecular weight excluding hydrogens is 376 g/mol. The molecule has 2 heterocycles. The van der Waals surface area contributed by atoms with Gasteiger partial charge in [-0.15, -0.1) is 0 Å². The molecule has 1 aromatic carbocycles. The summed E-state index contributed by atoms with van der Waals surface area (Å²) in [6.07, 6.45) is 5.37. The van der Waals surface area contributed by atoms with Crippen molar-refractivity contribution in [1.82, 2.24) is 9.55 Å². The first-order valence-corrected chi connectivity index (χ1v) is 9.37. The Morgan fingerprint density at radius 1 is 1.25 bits per heavy atom. The van der Waals surface area contributed by atoms with E-state index in [1.54, 1.807) is 22.9 Å². The zero-order chi connectivity index (χ0) is 19.8. The van der Waals surface area contributed by atoms with E-state index in [-0.39, 0.29) is 11.8 Å². The molecule has 142 valence electrons. The summed E-state index contributed by atoms with van der Waals surface area (Å²) in [5, 5.41) is 3.37. The second kappa shape index (κ2) is 7.13. The van der Waals surface area contributed by atoms with Crippen LogP contribution in [0.5, 0.6) is 0 Å². The minimum atomic E-state index is -0.555. The lowest BCUT2D eigenvalue weighted by atomic mass is 10.1. The van der Waals surface area contributed by atoms with Crippen LogP contribution in [0.1, 0.15) is 28.9 Å². The number of hydrogen-bond acceptors (Lipinski definition) is 3. The number of nitrogens with zero attached hydrogens (tertiary/aromatic N) is 2. The third kappa shape index (κ3) is 3.51. The number of pyridine rings is 1. The number of aromatic nitrogens is 2. The standard InChI is InChI=1S/C21H19ClN4O2/c1-12-10-24-19(25-21(28)13-6-7-13)9-15(12)14-8-18(20(23)27)26(11-14)17-5-3-2-4-16(17)22/h2-5,8-11,13H,6-7H2,1H3,(H2,23,27)(H,24,25,28). The van der Waals surface area contributed by atoms with Crippen molar-refractivity contribution in [2.45, 2.75) is 19.8 Å². The monoisotopic (exact) mass is 394 g/mol. The Morgan fingerprint density at radius 3 is 2.68 bits per heavy atom. The molecule has 0 aliphatic heterocycles. The van der Waals surface area contributed by atoms with Crippen LogP contribution in [-0.4, -0.2) is 21.4 Å². The molecular formula is C21H19ClN4O2. The molecule has 1 aliphatic rings. The lowest BCUT2D eigenvalue weighted by Crippen LogP contribution is -2.15. The minimum absolute atomic E-state index is 0.00577. The zero-order valence-electron chi connectivity index (χ0n) is 15.3. The van der Waals surface area contributed by atoms with E-state index >= 15 is 0 Å². The Hall–Kier alpha value is -3.12. The van der Waals surface area contributed by atoms with Crippen LogP contribution < -0.4 is 11.1 Å². The van der Waals surface area contributed by atoms with Crippen LogP contribution >= 0.6 is 11.6 Å². The van der Waals surface area contributed by atoms with Crippen LogP contribution in [0, 0.1) is 12.8 Å². The maximum atomic E-state index is 12.0. The number of benzene rings is 1. The Kier molecular flexibility index (Phi) is 4.65. The maximum absolute atomic E-state index is 12.0. The highest BCUT2D eigenvalue weighted by atomic mass is 35.5. The van der Waals surface area contributed by atoms with E-state index in [1.807, 2.05) is 37.4 Å². The summed E-state index contributed by atoms with van der Waals surface area (Å²) in [5.41, 5.74) is 9.14. The molecule has 4 rings (SSSR count). The normalized spacial score (nSPS) is 13.4. The van der Waals surface area contributed by atoms with Crippen LogP contribution in [0.3, 0.4) is 0 Å². The maximum Gasteiger partial charge on any atom is 0.265 e. The molecule has 0 spiro atoms. The number of carbonyl (C=O) groups excluding carboxylic acids is 2. The smallest absolute Gasteiger partial charge is 0.265 e. The van der Waals surface area contributed by atoms with E-state index in [0.717, 1.165) is 29.5 Å². The van der Waals surface area contributed by atoms with Gasteiger partial charge < -0.3 is 15.6 Å². The number of hydrogen-bond donors (Lipinski definition) is 2. The van der Waals surface area contributed by atoms with Gasteiger partial charge in [0.15, 0.2) is 0 Å². The predicted molar refractivity (Wildman–Crippen MR) is 109 cm³/mol. The van der Waals surface area contributed by atoms with Gasteiger partial charge in [0.2, 0.25) is 5.91 Å². The van der Waals surface area contributed by atoms with Gasteiger partial charge in [0.05, 0.1) is 10.7 Å². The molecule has 2 aromatic heterocycles. The molecule has 0 atom stereocenters. The van der Waals surface area contributed by atoms with Gasteiger partial charge in [-0.25, -0.2) is 4.98 Å². The average molecular weight is 395 g/mol. The number of para-hydroxylation sites is 1. The first-order chi connectivity index (χ1) is 13.4. The van der Waals surface area contributed by atoms with E-state index in [1.165, 1.54) is 0 Å². The van der Waals surface area contributed by atoms with Crippen LogP contribution in [0.25, 0.3) is 16.8 Å². The molecule has 6 nitrogen and oxygen atoms in total. The quantitative estimate of drug-likeness (QED) is 0.686. The van der Waals surface area contributed by atoms with Crippen molar-refractivity contribution in [3.8, 4) is 16.8 Å². The second-order valence-electron chi connectivity index (χ2n) is 6.95. The van der Waals surface area contributed by atoms with Crippen molar-refractivity contribution in [2.24, 2.45) is 11.7 Å². The fourth-order valence-electron chi connectivity index (χ4n) is 3.12. The number of aryl methyl sites for hydroxylation is 1. The largest absolute Gasteiger partial charge is 0.364 e. The fraction of sp³-hybridized carbons (Fsp3) is 0.190. The number of nitrogens with two attached hydrogens (primary N) is 1. The first-order valence-electron chi connectivity index (χ1n) is 8.99. The molecule has 1 saturated carbocycles. The summed E-state index contributed by atoms with van der Waals surface area (Å²) in [5.74, 6) is 0.0202. The highest BCUT2D eigenvalue weighted by Gasteiger charge is 2.30. The summed E-state index contributed by atoms with van der Waals surface area (Å²) in [6, 6.07) is 10.8. The molecule has 3 aromatic rings. The lowest BCUT2D eigenvalue weighted by Gasteiger charge is -2.09. The van der Waals surface area contributed by atoms with Crippen LogP contribution in [0.15, 0.2) is 48.8 Å². The van der Waals surface area contributed by atoms with Gasteiger partial charge in [-0.1, -0.05) is 23.7 Å². The van der Waals surface area contributed by atoms with E-state index < -0.39 is 5.91 Å². The number of halogens is 1. The van der Waals surface area contributed by atoms with Gasteiger partial charge in [0.1, 0.15) is 11.5 Å². The number of primary amides is 1. The molecule has 3 N–H and O–H groups in total. The fourth-order valence-corrected chi connectivity index (χ4v) is 3.35. The predicted octanol–water partition coefficient (Wildman–Crippen LogP) is 3.95. The third-order valence-corrected chi connectivity index (χ3v) is 5.12. The Labute approximate surface area is 167 Å². The third-order valence-electron chi connectivity index (χ3n) is 4.80. The van der Waals surface area contributed by atoms with Crippen LogP contribution in [0.2, 0.25) is 5.02 Å². The van der Waals surface area contributed by atoms with Crippen molar-refractivity contribution in [3.05, 3.63) is 65.1 Å². The molecule has 1 fully saturated rings. The number of nitrogens with one attached hydrogen (secondary N) is 1. The van der Waals surface area contributed by atoms with Crippen molar-refractivity contribution in [2.75, 3.05) is 5.32 Å². The average Bonchev–Trinajstić information content (AvgIpc) is 3.43. The Morgan fingerprint density at radius 2 is 2.00 bits per heavy atom. The topological polar surface area (TPSA) is 90.0 Å². The van der Waals surface area contributed by atoms with Crippen molar-refractivity contribution in [3.63, 3.8) is 0 Å². The molecule has 0 bridgehead atoms. The number of anilines is 1. The number of carbonyl (C=O) groups is 2. The van der Waals surface area contributed by atoms with Crippen LogP contribution in [0.4, 0.5) is 5.82 Å². The SMILES string of the molecule is Cc1cnc(NC(=O)C2CC2)cc1-c1cc(C(N)=O)n(-c2ccccc2Cl)c1. The van der Waals surface area contributed by atoms with Gasteiger partial charge in [-0.05, 0) is 55.2 Å². The molecule has 0 saturated heterocycles. The molecule has 0 radical (unpaired) electrons. The van der Waals surface area contributed by atoms with Gasteiger partial charge in [0.25, 0.3) is 5.91 Å². The minimum Gasteiger partial charge on any atom is -0.364 e. The zero-order valence-corrected chi connectivity index (χ0v) is 16.0. The highest BCUT2D eigenvalue weighted by Crippen LogP contribution is 2.32. The molecule has 7 heteroatoms. The van der Waals surface area contributed by atoms with Gasteiger partial charge in [-0.3, -0.25) is 9.59 Å².